The maximum absolute atomic E-state index is 14.9. The van der Waals surface area contributed by atoms with Gasteiger partial charge in [-0.15, -0.1) is 5.10 Å². The van der Waals surface area contributed by atoms with Crippen LogP contribution in [0.4, 0.5) is 13.2 Å². The average molecular weight is 691 g/mol. The van der Waals surface area contributed by atoms with Gasteiger partial charge in [0.25, 0.3) is 0 Å². The summed E-state index contributed by atoms with van der Waals surface area (Å²) in [5.74, 6) is -3.87. The molecule has 1 aromatic heterocycles. The standard InChI is InChI=1S/C34H37F3N2O10/c1-6-23-12-14-24(15-13-23)16-26-31(34(35,36)37)39(17-25-10-8-7-9-11-25)38-32(26)49-33-30(47-22(5)43)29(46-21(4)42)28(45-20(3)41)27(48-33)18-44-19(2)40/h7-15,27-30,33H,6,16-18H2,1-5H3/t27-,28-,29+,30-,33+/m1/s1. The highest BCUT2D eigenvalue weighted by molar-refractivity contribution is 5.68. The molecule has 15 heteroatoms. The minimum Gasteiger partial charge on any atom is -0.463 e. The molecule has 264 valence electrons. The van der Waals surface area contributed by atoms with E-state index >= 15 is 0 Å². The fourth-order valence-electron chi connectivity index (χ4n) is 5.41. The van der Waals surface area contributed by atoms with Crippen LogP contribution in [0.5, 0.6) is 5.88 Å². The van der Waals surface area contributed by atoms with Crippen LogP contribution in [-0.4, -0.2) is 71.0 Å². The van der Waals surface area contributed by atoms with Gasteiger partial charge in [-0.25, -0.2) is 0 Å². The molecule has 0 aliphatic carbocycles. The summed E-state index contributed by atoms with van der Waals surface area (Å²) in [5.41, 5.74) is 0.590. The number of hydrogen-bond acceptors (Lipinski definition) is 11. The SMILES string of the molecule is CCc1ccc(Cc2c(O[C@@H]3O[C@H](COC(C)=O)[C@@H](OC(C)=O)[C@H](OC(C)=O)[C@H]3OC(C)=O)nn(Cc3ccccc3)c2C(F)(F)F)cc1. The fourth-order valence-corrected chi connectivity index (χ4v) is 5.41. The van der Waals surface area contributed by atoms with Crippen molar-refractivity contribution < 1.29 is 60.8 Å². The molecule has 3 aromatic rings. The summed E-state index contributed by atoms with van der Waals surface area (Å²) in [4.78, 5) is 48.3. The van der Waals surface area contributed by atoms with Gasteiger partial charge >= 0.3 is 30.1 Å². The molecule has 4 rings (SSSR count). The molecule has 1 fully saturated rings. The Morgan fingerprint density at radius 1 is 0.776 bits per heavy atom. The zero-order valence-corrected chi connectivity index (χ0v) is 27.5. The second kappa shape index (κ2) is 16.0. The number of halogens is 3. The molecular weight excluding hydrogens is 653 g/mol. The molecule has 49 heavy (non-hydrogen) atoms. The number of carbonyl (C=O) groups is 4. The smallest absolute Gasteiger partial charge is 0.433 e. The van der Waals surface area contributed by atoms with E-state index in [1.807, 2.05) is 6.92 Å². The number of alkyl halides is 3. The molecule has 0 amide bonds. The zero-order chi connectivity index (χ0) is 35.9. The van der Waals surface area contributed by atoms with Gasteiger partial charge in [0, 0.05) is 34.1 Å². The van der Waals surface area contributed by atoms with Crippen molar-refractivity contribution >= 4 is 23.9 Å². The number of hydrogen-bond donors (Lipinski definition) is 0. The van der Waals surface area contributed by atoms with Gasteiger partial charge in [-0.1, -0.05) is 61.5 Å². The van der Waals surface area contributed by atoms with E-state index in [0.29, 0.717) is 11.1 Å². The summed E-state index contributed by atoms with van der Waals surface area (Å²) in [6.07, 6.45) is -12.4. The van der Waals surface area contributed by atoms with Gasteiger partial charge in [-0.3, -0.25) is 23.9 Å². The molecule has 0 radical (unpaired) electrons. The Bertz CT molecular complexity index is 1630. The highest BCUT2D eigenvalue weighted by atomic mass is 19.4. The maximum Gasteiger partial charge on any atom is 0.433 e. The lowest BCUT2D eigenvalue weighted by molar-refractivity contribution is -0.289. The van der Waals surface area contributed by atoms with Crippen molar-refractivity contribution in [3.8, 4) is 5.88 Å². The molecule has 2 aromatic carbocycles. The maximum atomic E-state index is 14.9. The first kappa shape index (κ1) is 36.9. The van der Waals surface area contributed by atoms with Crippen LogP contribution in [-0.2, 0) is 68.4 Å². The summed E-state index contributed by atoms with van der Waals surface area (Å²) >= 11 is 0. The van der Waals surface area contributed by atoms with Gasteiger partial charge < -0.3 is 28.4 Å². The number of benzene rings is 2. The van der Waals surface area contributed by atoms with Crippen LogP contribution in [0.25, 0.3) is 0 Å². The van der Waals surface area contributed by atoms with E-state index in [9.17, 15) is 32.3 Å². The number of aromatic nitrogens is 2. The van der Waals surface area contributed by atoms with E-state index in [0.717, 1.165) is 44.4 Å². The minimum absolute atomic E-state index is 0.270. The topological polar surface area (TPSA) is 141 Å². The van der Waals surface area contributed by atoms with Crippen LogP contribution < -0.4 is 4.74 Å². The van der Waals surface area contributed by atoms with E-state index in [4.69, 9.17) is 28.4 Å². The number of nitrogens with zero attached hydrogens (tertiary/aromatic N) is 2. The summed E-state index contributed by atoms with van der Waals surface area (Å²) in [5, 5.41) is 4.24. The van der Waals surface area contributed by atoms with Gasteiger partial charge in [0.05, 0.1) is 12.1 Å². The Labute approximate surface area is 280 Å². The van der Waals surface area contributed by atoms with E-state index in [1.165, 1.54) is 0 Å². The quantitative estimate of drug-likeness (QED) is 0.195. The third-order valence-electron chi connectivity index (χ3n) is 7.45. The first-order valence-electron chi connectivity index (χ1n) is 15.4. The lowest BCUT2D eigenvalue weighted by Gasteiger charge is -2.43. The van der Waals surface area contributed by atoms with Crippen LogP contribution in [0.3, 0.4) is 0 Å². The second-order valence-corrected chi connectivity index (χ2v) is 11.3. The average Bonchev–Trinajstić information content (AvgIpc) is 3.35. The molecular formula is C34H37F3N2O10. The number of rotatable bonds is 12. The molecule has 0 bridgehead atoms. The van der Waals surface area contributed by atoms with Gasteiger partial charge in [-0.2, -0.15) is 13.2 Å². The van der Waals surface area contributed by atoms with Gasteiger partial charge in [0.1, 0.15) is 18.4 Å². The van der Waals surface area contributed by atoms with E-state index in [-0.39, 0.29) is 18.5 Å². The van der Waals surface area contributed by atoms with Crippen molar-refractivity contribution in [1.29, 1.82) is 0 Å². The third kappa shape index (κ3) is 9.81. The predicted molar refractivity (Wildman–Crippen MR) is 164 cm³/mol. The number of carbonyl (C=O) groups excluding carboxylic acids is 4. The van der Waals surface area contributed by atoms with E-state index in [2.05, 4.69) is 5.10 Å². The molecule has 1 saturated heterocycles. The molecule has 5 atom stereocenters. The molecule has 1 aliphatic rings. The fraction of sp³-hybridized carbons (Fsp3) is 0.441. The highest BCUT2D eigenvalue weighted by Crippen LogP contribution is 2.40. The highest BCUT2D eigenvalue weighted by Gasteiger charge is 2.54. The lowest BCUT2D eigenvalue weighted by atomic mass is 9.98. The minimum atomic E-state index is -4.90. The second-order valence-electron chi connectivity index (χ2n) is 11.3. The third-order valence-corrected chi connectivity index (χ3v) is 7.45. The molecule has 1 aliphatic heterocycles. The number of aryl methyl sites for hydroxylation is 1. The molecule has 0 N–H and O–H groups in total. The van der Waals surface area contributed by atoms with Crippen molar-refractivity contribution in [2.45, 2.75) is 90.9 Å². The van der Waals surface area contributed by atoms with Crippen LogP contribution >= 0.6 is 0 Å². The van der Waals surface area contributed by atoms with Crippen LogP contribution in [0.1, 0.15) is 62.6 Å². The van der Waals surface area contributed by atoms with Crippen molar-refractivity contribution in [2.24, 2.45) is 0 Å². The van der Waals surface area contributed by atoms with Gasteiger partial charge in [0.2, 0.25) is 18.3 Å². The summed E-state index contributed by atoms with van der Waals surface area (Å²) in [6, 6.07) is 15.4. The van der Waals surface area contributed by atoms with Crippen molar-refractivity contribution in [3.05, 3.63) is 82.5 Å². The van der Waals surface area contributed by atoms with Crippen molar-refractivity contribution in [1.82, 2.24) is 9.78 Å². The zero-order valence-electron chi connectivity index (χ0n) is 27.5. The Kier molecular flexibility index (Phi) is 12.0. The van der Waals surface area contributed by atoms with E-state index in [1.54, 1.807) is 54.6 Å². The Morgan fingerprint density at radius 3 is 1.90 bits per heavy atom. The molecule has 12 nitrogen and oxygen atoms in total. The predicted octanol–water partition coefficient (Wildman–Crippen LogP) is 4.57. The first-order chi connectivity index (χ1) is 23.2. The lowest BCUT2D eigenvalue weighted by Crippen LogP contribution is -2.63. The molecule has 0 spiro atoms. The van der Waals surface area contributed by atoms with Crippen molar-refractivity contribution in [2.75, 3.05) is 6.61 Å². The number of esters is 4. The molecule has 2 heterocycles. The summed E-state index contributed by atoms with van der Waals surface area (Å²) in [7, 11) is 0. The van der Waals surface area contributed by atoms with Crippen LogP contribution in [0.15, 0.2) is 54.6 Å². The van der Waals surface area contributed by atoms with Gasteiger partial charge in [0.15, 0.2) is 12.2 Å². The molecule has 0 unspecified atom stereocenters. The monoisotopic (exact) mass is 690 g/mol. The number of ether oxygens (including phenoxy) is 6. The normalized spacial score (nSPS) is 20.6. The van der Waals surface area contributed by atoms with Crippen molar-refractivity contribution in [3.63, 3.8) is 0 Å². The summed E-state index contributed by atoms with van der Waals surface area (Å²) < 4.78 is 78.9. The van der Waals surface area contributed by atoms with E-state index < -0.39 is 78.9 Å². The van der Waals surface area contributed by atoms with Gasteiger partial charge in [-0.05, 0) is 23.1 Å². The first-order valence-corrected chi connectivity index (χ1v) is 15.4. The van der Waals surface area contributed by atoms with Crippen LogP contribution in [0.2, 0.25) is 0 Å². The largest absolute Gasteiger partial charge is 0.463 e. The Morgan fingerprint density at radius 2 is 1.35 bits per heavy atom. The summed E-state index contributed by atoms with van der Waals surface area (Å²) in [6.45, 7) is 5.38. The molecule has 0 saturated carbocycles. The Balaban J connectivity index is 1.87. The van der Waals surface area contributed by atoms with Crippen LogP contribution in [0, 0.1) is 0 Å². The Hall–Kier alpha value is -4.92.